The molecule has 1 amide bonds. The Morgan fingerprint density at radius 3 is 2.31 bits per heavy atom. The zero-order chi connectivity index (χ0) is 9.90. The SMILES string of the molecule is CC(C)(C)OC(=O)N1CC[N-]CC1. The molecule has 0 aliphatic carbocycles. The van der Waals surface area contributed by atoms with Crippen LogP contribution in [0, 0.1) is 0 Å². The lowest BCUT2D eigenvalue weighted by atomic mass is 10.2. The van der Waals surface area contributed by atoms with Gasteiger partial charge in [0.25, 0.3) is 0 Å². The van der Waals surface area contributed by atoms with Crippen LogP contribution in [0.1, 0.15) is 20.8 Å². The van der Waals surface area contributed by atoms with E-state index in [0.717, 1.165) is 13.1 Å². The van der Waals surface area contributed by atoms with Crippen molar-refractivity contribution >= 4 is 6.09 Å². The first-order valence-electron chi connectivity index (χ1n) is 4.60. The van der Waals surface area contributed by atoms with Gasteiger partial charge in [0.15, 0.2) is 0 Å². The molecule has 4 heteroatoms. The summed E-state index contributed by atoms with van der Waals surface area (Å²) >= 11 is 0. The fourth-order valence-corrected chi connectivity index (χ4v) is 1.12. The Morgan fingerprint density at radius 2 is 1.85 bits per heavy atom. The molecule has 0 aromatic heterocycles. The van der Waals surface area contributed by atoms with Crippen molar-refractivity contribution in [2.24, 2.45) is 0 Å². The minimum atomic E-state index is -0.397. The van der Waals surface area contributed by atoms with Crippen molar-refractivity contribution in [2.45, 2.75) is 26.4 Å². The summed E-state index contributed by atoms with van der Waals surface area (Å²) in [5, 5.41) is 4.16. The van der Waals surface area contributed by atoms with Crippen LogP contribution >= 0.6 is 0 Å². The molecule has 0 N–H and O–H groups in total. The highest BCUT2D eigenvalue weighted by molar-refractivity contribution is 5.68. The van der Waals surface area contributed by atoms with Gasteiger partial charge >= 0.3 is 6.09 Å². The Morgan fingerprint density at radius 1 is 1.31 bits per heavy atom. The average Bonchev–Trinajstić information content (AvgIpc) is 2.03. The molecule has 0 saturated carbocycles. The molecule has 0 spiro atoms. The normalized spacial score (nSPS) is 18.5. The van der Waals surface area contributed by atoms with Crippen LogP contribution in [0.15, 0.2) is 0 Å². The molecular weight excluding hydrogens is 168 g/mol. The minimum absolute atomic E-state index is 0.220. The fraction of sp³-hybridized carbons (Fsp3) is 0.889. The molecule has 76 valence electrons. The molecule has 0 atom stereocenters. The molecule has 0 bridgehead atoms. The first kappa shape index (κ1) is 10.3. The van der Waals surface area contributed by atoms with Gasteiger partial charge in [-0.25, -0.2) is 4.79 Å². The topological polar surface area (TPSA) is 43.6 Å². The van der Waals surface area contributed by atoms with E-state index in [1.165, 1.54) is 0 Å². The Balaban J connectivity index is 2.38. The summed E-state index contributed by atoms with van der Waals surface area (Å²) in [5.41, 5.74) is -0.397. The lowest BCUT2D eigenvalue weighted by Gasteiger charge is -2.36. The van der Waals surface area contributed by atoms with Gasteiger partial charge in [0.1, 0.15) is 5.60 Å². The van der Waals surface area contributed by atoms with E-state index in [1.807, 2.05) is 20.8 Å². The van der Waals surface area contributed by atoms with Crippen molar-refractivity contribution in [3.05, 3.63) is 5.32 Å². The fourth-order valence-electron chi connectivity index (χ4n) is 1.12. The van der Waals surface area contributed by atoms with E-state index in [2.05, 4.69) is 5.32 Å². The number of hydrogen-bond acceptors (Lipinski definition) is 2. The highest BCUT2D eigenvalue weighted by atomic mass is 16.6. The Kier molecular flexibility index (Phi) is 3.14. The zero-order valence-corrected chi connectivity index (χ0v) is 8.54. The van der Waals surface area contributed by atoms with Crippen LogP contribution in [0.25, 0.3) is 5.32 Å². The molecule has 0 radical (unpaired) electrons. The largest absolute Gasteiger partial charge is 0.659 e. The molecule has 1 fully saturated rings. The van der Waals surface area contributed by atoms with Crippen LogP contribution in [0.4, 0.5) is 4.79 Å². The van der Waals surface area contributed by atoms with Crippen molar-refractivity contribution in [3.63, 3.8) is 0 Å². The van der Waals surface area contributed by atoms with E-state index >= 15 is 0 Å². The Labute approximate surface area is 79.2 Å². The molecule has 1 rings (SSSR count). The second-order valence-electron chi connectivity index (χ2n) is 4.14. The van der Waals surface area contributed by atoms with Gasteiger partial charge in [-0.2, -0.15) is 0 Å². The van der Waals surface area contributed by atoms with Crippen LogP contribution in [-0.2, 0) is 4.74 Å². The predicted molar refractivity (Wildman–Crippen MR) is 50.9 cm³/mol. The van der Waals surface area contributed by atoms with Crippen molar-refractivity contribution < 1.29 is 9.53 Å². The smallest absolute Gasteiger partial charge is 0.410 e. The lowest BCUT2D eigenvalue weighted by Crippen LogP contribution is -2.42. The number of carbonyl (C=O) groups excluding carboxylic acids is 1. The Bertz CT molecular complexity index is 181. The van der Waals surface area contributed by atoms with Gasteiger partial charge in [0.2, 0.25) is 0 Å². The monoisotopic (exact) mass is 185 g/mol. The maximum Gasteiger partial charge on any atom is 0.410 e. The third-order valence-corrected chi connectivity index (χ3v) is 1.71. The maximum atomic E-state index is 11.5. The van der Waals surface area contributed by atoms with Gasteiger partial charge in [0.05, 0.1) is 0 Å². The summed E-state index contributed by atoms with van der Waals surface area (Å²) in [5.74, 6) is 0. The molecule has 1 heterocycles. The number of rotatable bonds is 0. The Hall–Kier alpha value is -0.770. The predicted octanol–water partition coefficient (Wildman–Crippen LogP) is 1.61. The summed E-state index contributed by atoms with van der Waals surface area (Å²) in [4.78, 5) is 13.2. The van der Waals surface area contributed by atoms with Crippen LogP contribution in [0.3, 0.4) is 0 Å². The number of nitrogens with zero attached hydrogens (tertiary/aromatic N) is 2. The zero-order valence-electron chi connectivity index (χ0n) is 8.54. The van der Waals surface area contributed by atoms with Crippen LogP contribution in [0.2, 0.25) is 0 Å². The van der Waals surface area contributed by atoms with Gasteiger partial charge in [-0.3, -0.25) is 0 Å². The van der Waals surface area contributed by atoms with E-state index < -0.39 is 5.60 Å². The number of amides is 1. The van der Waals surface area contributed by atoms with Crippen molar-refractivity contribution in [3.8, 4) is 0 Å². The van der Waals surface area contributed by atoms with Crippen LogP contribution < -0.4 is 0 Å². The van der Waals surface area contributed by atoms with E-state index in [1.54, 1.807) is 4.90 Å². The molecule has 1 saturated heterocycles. The number of hydrogen-bond donors (Lipinski definition) is 0. The van der Waals surface area contributed by atoms with E-state index in [9.17, 15) is 4.79 Å². The quantitative estimate of drug-likeness (QED) is 0.575. The van der Waals surface area contributed by atoms with Gasteiger partial charge in [0, 0.05) is 13.1 Å². The van der Waals surface area contributed by atoms with Gasteiger partial charge < -0.3 is 15.0 Å². The minimum Gasteiger partial charge on any atom is -0.659 e. The second kappa shape index (κ2) is 3.96. The third-order valence-electron chi connectivity index (χ3n) is 1.71. The van der Waals surface area contributed by atoms with Crippen molar-refractivity contribution in [1.29, 1.82) is 0 Å². The van der Waals surface area contributed by atoms with Crippen LogP contribution in [0.5, 0.6) is 0 Å². The summed E-state index contributed by atoms with van der Waals surface area (Å²) in [6, 6.07) is 0. The van der Waals surface area contributed by atoms with E-state index in [0.29, 0.717) is 13.1 Å². The van der Waals surface area contributed by atoms with Gasteiger partial charge in [-0.15, -0.1) is 13.1 Å². The first-order chi connectivity index (χ1) is 5.99. The standard InChI is InChI=1S/C9H17N2O2/c1-9(2,3)13-8(12)11-6-4-10-5-7-11/h4-7H2,1-3H3/q-1. The van der Waals surface area contributed by atoms with Crippen LogP contribution in [-0.4, -0.2) is 42.8 Å². The van der Waals surface area contributed by atoms with E-state index in [4.69, 9.17) is 4.74 Å². The third kappa shape index (κ3) is 3.63. The summed E-state index contributed by atoms with van der Waals surface area (Å²) in [7, 11) is 0. The summed E-state index contributed by atoms with van der Waals surface area (Å²) in [6.45, 7) is 8.47. The number of ether oxygens (including phenoxy) is 1. The maximum absolute atomic E-state index is 11.5. The molecule has 0 aromatic rings. The van der Waals surface area contributed by atoms with Crippen molar-refractivity contribution in [1.82, 2.24) is 4.90 Å². The first-order valence-corrected chi connectivity index (χ1v) is 4.60. The molecule has 0 unspecified atom stereocenters. The number of carbonyl (C=O) groups is 1. The summed E-state index contributed by atoms with van der Waals surface area (Å²) in [6.07, 6.45) is -0.220. The molecular formula is C9H17N2O2-. The van der Waals surface area contributed by atoms with E-state index in [-0.39, 0.29) is 6.09 Å². The van der Waals surface area contributed by atoms with Crippen molar-refractivity contribution in [2.75, 3.05) is 26.2 Å². The average molecular weight is 185 g/mol. The molecule has 4 nitrogen and oxygen atoms in total. The van der Waals surface area contributed by atoms with Gasteiger partial charge in [-0.05, 0) is 20.8 Å². The molecule has 13 heavy (non-hydrogen) atoms. The second-order valence-corrected chi connectivity index (χ2v) is 4.14. The highest BCUT2D eigenvalue weighted by Gasteiger charge is 2.20. The van der Waals surface area contributed by atoms with Gasteiger partial charge in [-0.1, -0.05) is 0 Å². The lowest BCUT2D eigenvalue weighted by molar-refractivity contribution is 0.0253. The molecule has 0 aromatic carbocycles. The molecule has 1 aliphatic heterocycles. The summed E-state index contributed by atoms with van der Waals surface area (Å²) < 4.78 is 5.22. The highest BCUT2D eigenvalue weighted by Crippen LogP contribution is 2.11. The molecule has 1 aliphatic rings. The number of piperazine rings is 1.